The zero-order valence-corrected chi connectivity index (χ0v) is 16.1. The summed E-state index contributed by atoms with van der Waals surface area (Å²) in [6, 6.07) is 16.1. The molecule has 0 saturated heterocycles. The van der Waals surface area contributed by atoms with Crippen molar-refractivity contribution in [1.29, 1.82) is 0 Å². The second kappa shape index (κ2) is 7.48. The summed E-state index contributed by atoms with van der Waals surface area (Å²) in [6.45, 7) is 0.618. The van der Waals surface area contributed by atoms with Gasteiger partial charge in [0.05, 0.1) is 19.9 Å². The summed E-state index contributed by atoms with van der Waals surface area (Å²) >= 11 is 1.57. The Balaban J connectivity index is 1.73. The Morgan fingerprint density at radius 1 is 1.07 bits per heavy atom. The van der Waals surface area contributed by atoms with Gasteiger partial charge in [-0.3, -0.25) is 4.57 Å². The van der Waals surface area contributed by atoms with E-state index < -0.39 is 0 Å². The topological polar surface area (TPSA) is 53.4 Å². The molecule has 0 radical (unpaired) electrons. The van der Waals surface area contributed by atoms with Gasteiger partial charge in [-0.05, 0) is 35.7 Å². The molecule has 138 valence electrons. The number of aryl methyl sites for hydroxylation is 1. The van der Waals surface area contributed by atoms with Crippen LogP contribution in [0.1, 0.15) is 11.1 Å². The van der Waals surface area contributed by atoms with Crippen LogP contribution in [0.5, 0.6) is 11.5 Å². The third-order valence-electron chi connectivity index (χ3n) is 4.71. The van der Waals surface area contributed by atoms with Crippen LogP contribution in [0.2, 0.25) is 0 Å². The Labute approximate surface area is 162 Å². The van der Waals surface area contributed by atoms with Crippen molar-refractivity contribution < 1.29 is 9.47 Å². The van der Waals surface area contributed by atoms with Crippen LogP contribution in [0.3, 0.4) is 0 Å². The second-order valence-electron chi connectivity index (χ2n) is 6.30. The number of nitrogens with zero attached hydrogens (tertiary/aromatic N) is 2. The highest BCUT2D eigenvalue weighted by atomic mass is 32.2. The lowest BCUT2D eigenvalue weighted by atomic mass is 9.97. The molecule has 0 fully saturated rings. The average molecular weight is 380 g/mol. The van der Waals surface area contributed by atoms with Crippen LogP contribution >= 0.6 is 11.8 Å². The predicted octanol–water partition coefficient (Wildman–Crippen LogP) is 3.78. The van der Waals surface area contributed by atoms with Gasteiger partial charge in [-0.2, -0.15) is 4.98 Å². The first-order valence-electron chi connectivity index (χ1n) is 8.73. The maximum atomic E-state index is 12.6. The Bertz CT molecular complexity index is 1030. The summed E-state index contributed by atoms with van der Waals surface area (Å²) in [5, 5.41) is 0.734. The molecule has 27 heavy (non-hydrogen) atoms. The molecule has 1 aliphatic rings. The number of fused-ring (bicyclic) bond motifs is 3. The van der Waals surface area contributed by atoms with Gasteiger partial charge in [0.15, 0.2) is 11.5 Å². The van der Waals surface area contributed by atoms with Crippen molar-refractivity contribution in [1.82, 2.24) is 9.55 Å². The summed E-state index contributed by atoms with van der Waals surface area (Å²) < 4.78 is 12.6. The molecule has 1 aromatic heterocycles. The minimum absolute atomic E-state index is 0.205. The van der Waals surface area contributed by atoms with Gasteiger partial charge in [-0.15, -0.1) is 11.8 Å². The number of methoxy groups -OCH3 is 2. The van der Waals surface area contributed by atoms with Crippen LogP contribution in [0.25, 0.3) is 11.3 Å². The number of rotatable bonds is 5. The van der Waals surface area contributed by atoms with E-state index in [2.05, 4.69) is 17.1 Å². The smallest absolute Gasteiger partial charge is 0.349 e. The highest BCUT2D eigenvalue weighted by Gasteiger charge is 2.21. The molecule has 0 aliphatic carbocycles. The number of hydrogen-bond donors (Lipinski definition) is 0. The van der Waals surface area contributed by atoms with Crippen LogP contribution in [0.4, 0.5) is 0 Å². The van der Waals surface area contributed by atoms with Crippen LogP contribution in [0, 0.1) is 0 Å². The maximum Gasteiger partial charge on any atom is 0.349 e. The van der Waals surface area contributed by atoms with E-state index in [9.17, 15) is 4.79 Å². The summed E-state index contributed by atoms with van der Waals surface area (Å²) in [7, 11) is 3.25. The standard InChI is InChI=1S/C21H20N2O3S/c1-25-18-10-15-8-9-23-17(16(15)11-19(18)26-2)12-20(22-21(23)24)27-13-14-6-4-3-5-7-14/h3-7,10-12H,8-9,13H2,1-2H3. The van der Waals surface area contributed by atoms with Gasteiger partial charge in [0.1, 0.15) is 5.03 Å². The molecular weight excluding hydrogens is 360 g/mol. The summed E-state index contributed by atoms with van der Waals surface area (Å²) in [4.78, 5) is 16.8. The number of aromatic nitrogens is 2. The third-order valence-corrected chi connectivity index (χ3v) is 5.69. The number of hydrogen-bond acceptors (Lipinski definition) is 5. The Morgan fingerprint density at radius 3 is 2.56 bits per heavy atom. The van der Waals surface area contributed by atoms with Crippen LogP contribution in [-0.4, -0.2) is 23.8 Å². The van der Waals surface area contributed by atoms with Crippen molar-refractivity contribution in [2.75, 3.05) is 14.2 Å². The van der Waals surface area contributed by atoms with Gasteiger partial charge in [0.2, 0.25) is 0 Å². The Morgan fingerprint density at radius 2 is 1.81 bits per heavy atom. The number of benzene rings is 2. The van der Waals surface area contributed by atoms with Crippen molar-refractivity contribution in [2.45, 2.75) is 23.7 Å². The summed E-state index contributed by atoms with van der Waals surface area (Å²) in [5.41, 5.74) is 4.03. The molecule has 0 unspecified atom stereocenters. The van der Waals surface area contributed by atoms with Crippen molar-refractivity contribution in [2.24, 2.45) is 0 Å². The van der Waals surface area contributed by atoms with E-state index in [-0.39, 0.29) is 5.69 Å². The van der Waals surface area contributed by atoms with Gasteiger partial charge >= 0.3 is 5.69 Å². The molecule has 5 nitrogen and oxygen atoms in total. The molecule has 2 heterocycles. The molecule has 1 aliphatic heterocycles. The third kappa shape index (κ3) is 3.45. The predicted molar refractivity (Wildman–Crippen MR) is 107 cm³/mol. The molecule has 0 atom stereocenters. The van der Waals surface area contributed by atoms with Crippen molar-refractivity contribution >= 4 is 11.8 Å². The molecular formula is C21H20N2O3S. The first-order valence-corrected chi connectivity index (χ1v) is 9.72. The number of ether oxygens (including phenoxy) is 2. The summed E-state index contributed by atoms with van der Waals surface area (Å²) in [5.74, 6) is 2.14. The molecule has 2 aromatic carbocycles. The van der Waals surface area contributed by atoms with E-state index in [1.807, 2.05) is 36.4 Å². The lowest BCUT2D eigenvalue weighted by Crippen LogP contribution is -2.28. The van der Waals surface area contributed by atoms with Gasteiger partial charge in [-0.25, -0.2) is 4.79 Å². The van der Waals surface area contributed by atoms with Gasteiger partial charge < -0.3 is 9.47 Å². The van der Waals surface area contributed by atoms with Gasteiger partial charge in [0, 0.05) is 17.9 Å². The summed E-state index contributed by atoms with van der Waals surface area (Å²) in [6.07, 6.45) is 0.765. The minimum atomic E-state index is -0.205. The van der Waals surface area contributed by atoms with Gasteiger partial charge in [-0.1, -0.05) is 30.3 Å². The zero-order chi connectivity index (χ0) is 18.8. The second-order valence-corrected chi connectivity index (χ2v) is 7.30. The van der Waals surface area contributed by atoms with Crippen molar-refractivity contribution in [3.8, 4) is 22.8 Å². The Hall–Kier alpha value is -2.73. The van der Waals surface area contributed by atoms with Crippen molar-refractivity contribution in [3.05, 3.63) is 70.1 Å². The van der Waals surface area contributed by atoms with Crippen LogP contribution < -0.4 is 15.2 Å². The highest BCUT2D eigenvalue weighted by molar-refractivity contribution is 7.98. The van der Waals surface area contributed by atoms with Crippen LogP contribution in [-0.2, 0) is 18.7 Å². The first kappa shape index (κ1) is 17.7. The lowest BCUT2D eigenvalue weighted by molar-refractivity contribution is 0.354. The Kier molecular flexibility index (Phi) is 4.90. The molecule has 0 saturated carbocycles. The van der Waals surface area contributed by atoms with E-state index in [4.69, 9.17) is 9.47 Å². The normalized spacial score (nSPS) is 12.2. The molecule has 0 amide bonds. The van der Waals surface area contributed by atoms with E-state index in [1.165, 1.54) is 5.56 Å². The van der Waals surface area contributed by atoms with E-state index in [0.29, 0.717) is 18.0 Å². The quantitative estimate of drug-likeness (QED) is 0.498. The zero-order valence-electron chi connectivity index (χ0n) is 15.3. The van der Waals surface area contributed by atoms with Crippen molar-refractivity contribution in [3.63, 3.8) is 0 Å². The fourth-order valence-corrected chi connectivity index (χ4v) is 4.17. The molecule has 4 rings (SSSR count). The number of thioether (sulfide) groups is 1. The average Bonchev–Trinajstić information content (AvgIpc) is 2.71. The molecule has 6 heteroatoms. The maximum absolute atomic E-state index is 12.6. The van der Waals surface area contributed by atoms with E-state index in [1.54, 1.807) is 30.5 Å². The van der Waals surface area contributed by atoms with E-state index >= 15 is 0 Å². The fraction of sp³-hybridized carbons (Fsp3) is 0.238. The highest BCUT2D eigenvalue weighted by Crippen LogP contribution is 2.38. The van der Waals surface area contributed by atoms with Crippen LogP contribution in [0.15, 0.2) is 58.4 Å². The first-order chi connectivity index (χ1) is 13.2. The lowest BCUT2D eigenvalue weighted by Gasteiger charge is -2.23. The monoisotopic (exact) mass is 380 g/mol. The molecule has 0 bridgehead atoms. The molecule has 0 N–H and O–H groups in total. The largest absolute Gasteiger partial charge is 0.493 e. The fourth-order valence-electron chi connectivity index (χ4n) is 3.33. The minimum Gasteiger partial charge on any atom is -0.493 e. The van der Waals surface area contributed by atoms with E-state index in [0.717, 1.165) is 34.0 Å². The SMILES string of the molecule is COc1cc2c(cc1OC)-c1cc(SCc3ccccc3)nc(=O)n1CC2. The van der Waals surface area contributed by atoms with Gasteiger partial charge in [0.25, 0.3) is 0 Å². The molecule has 3 aromatic rings. The molecule has 0 spiro atoms.